The molecule has 1 aromatic heterocycles. The van der Waals surface area contributed by atoms with E-state index >= 15 is 0 Å². The van der Waals surface area contributed by atoms with Crippen LogP contribution in [0.2, 0.25) is 0 Å². The molecular formula is C31H38N4O3. The number of carbonyl (C=O) groups excluding carboxylic acids is 2. The number of rotatable bonds is 8. The summed E-state index contributed by atoms with van der Waals surface area (Å²) in [6, 6.07) is 13.5. The molecule has 2 amide bonds. The van der Waals surface area contributed by atoms with Crippen molar-refractivity contribution in [3.63, 3.8) is 0 Å². The van der Waals surface area contributed by atoms with Crippen LogP contribution in [0.1, 0.15) is 96.1 Å². The van der Waals surface area contributed by atoms with Crippen molar-refractivity contribution in [2.75, 3.05) is 6.54 Å². The molecule has 200 valence electrons. The molecule has 2 aliphatic rings. The first-order valence-corrected chi connectivity index (χ1v) is 13.7. The zero-order valence-electron chi connectivity index (χ0n) is 22.8. The van der Waals surface area contributed by atoms with Gasteiger partial charge in [0.25, 0.3) is 11.8 Å². The number of fused-ring (bicyclic) bond motifs is 2. The fraction of sp³-hybridized carbons (Fsp3) is 0.452. The van der Waals surface area contributed by atoms with Crippen molar-refractivity contribution in [3.8, 4) is 11.3 Å². The molecule has 0 saturated heterocycles. The number of aromatic nitrogens is 2. The highest BCUT2D eigenvalue weighted by Crippen LogP contribution is 2.39. The first-order valence-electron chi connectivity index (χ1n) is 13.7. The molecule has 1 aliphatic carbocycles. The molecule has 5 rings (SSSR count). The third-order valence-corrected chi connectivity index (χ3v) is 8.04. The minimum Gasteiger partial charge on any atom is -0.393 e. The van der Waals surface area contributed by atoms with E-state index in [-0.39, 0.29) is 23.3 Å². The molecule has 7 heteroatoms. The predicted molar refractivity (Wildman–Crippen MR) is 148 cm³/mol. The standard InChI is InChI=1S/C31H38N4O3/c1-5-27(20-6-8-21(9-7-20)29(37)32-15-13-19(2)36)35-18-23-16-22(10-11-24(23)30(35)38)28-25-12-14-31(3,4)17-26(25)33-34-28/h6-11,16,19,27,36H,5,12-15,17-18H2,1-4H3,(H,32,37)(H,33,34)/t19-,27-/m1/s1. The molecule has 2 aromatic carbocycles. The number of hydrogen-bond donors (Lipinski definition) is 3. The summed E-state index contributed by atoms with van der Waals surface area (Å²) in [5.41, 5.74) is 8.29. The number of nitrogens with zero attached hydrogens (tertiary/aromatic N) is 2. The Morgan fingerprint density at radius 1 is 1.21 bits per heavy atom. The molecule has 2 heterocycles. The molecule has 0 fully saturated rings. The van der Waals surface area contributed by atoms with Gasteiger partial charge in [0.05, 0.1) is 17.8 Å². The highest BCUT2D eigenvalue weighted by molar-refractivity contribution is 5.99. The maximum Gasteiger partial charge on any atom is 0.255 e. The highest BCUT2D eigenvalue weighted by Gasteiger charge is 2.34. The van der Waals surface area contributed by atoms with Gasteiger partial charge in [-0.25, -0.2) is 0 Å². The molecule has 1 aliphatic heterocycles. The average Bonchev–Trinajstić information content (AvgIpc) is 3.44. The monoisotopic (exact) mass is 514 g/mol. The van der Waals surface area contributed by atoms with E-state index in [1.165, 1.54) is 11.3 Å². The number of carbonyl (C=O) groups is 2. The Morgan fingerprint density at radius 3 is 2.68 bits per heavy atom. The third-order valence-electron chi connectivity index (χ3n) is 8.04. The summed E-state index contributed by atoms with van der Waals surface area (Å²) in [4.78, 5) is 27.8. The van der Waals surface area contributed by atoms with Crippen molar-refractivity contribution < 1.29 is 14.7 Å². The summed E-state index contributed by atoms with van der Waals surface area (Å²) in [5, 5.41) is 20.2. The average molecular weight is 515 g/mol. The van der Waals surface area contributed by atoms with Gasteiger partial charge in [0.2, 0.25) is 0 Å². The lowest BCUT2D eigenvalue weighted by molar-refractivity contribution is 0.0695. The van der Waals surface area contributed by atoms with Gasteiger partial charge < -0.3 is 15.3 Å². The summed E-state index contributed by atoms with van der Waals surface area (Å²) in [5.74, 6) is -0.115. The number of aliphatic hydroxyl groups is 1. The van der Waals surface area contributed by atoms with Crippen LogP contribution in [0.25, 0.3) is 11.3 Å². The topological polar surface area (TPSA) is 98.3 Å². The van der Waals surface area contributed by atoms with Crippen molar-refractivity contribution >= 4 is 11.8 Å². The number of aromatic amines is 1. The smallest absolute Gasteiger partial charge is 0.255 e. The second kappa shape index (κ2) is 10.4. The van der Waals surface area contributed by atoms with Crippen molar-refractivity contribution in [2.45, 2.75) is 78.5 Å². The maximum atomic E-state index is 13.4. The molecule has 0 unspecified atom stereocenters. The normalized spacial score (nSPS) is 17.6. The lowest BCUT2D eigenvalue weighted by Crippen LogP contribution is -2.29. The Labute approximate surface area is 224 Å². The number of aliphatic hydroxyl groups excluding tert-OH is 1. The molecule has 2 atom stereocenters. The molecule has 0 bridgehead atoms. The van der Waals surface area contributed by atoms with Gasteiger partial charge >= 0.3 is 0 Å². The van der Waals surface area contributed by atoms with E-state index in [4.69, 9.17) is 0 Å². The molecule has 3 N–H and O–H groups in total. The first kappa shape index (κ1) is 26.2. The van der Waals surface area contributed by atoms with Crippen molar-refractivity contribution in [3.05, 3.63) is 76.0 Å². The van der Waals surface area contributed by atoms with Gasteiger partial charge in [-0.05, 0) is 79.8 Å². The summed E-state index contributed by atoms with van der Waals surface area (Å²) in [7, 11) is 0. The van der Waals surface area contributed by atoms with Crippen LogP contribution in [0.3, 0.4) is 0 Å². The van der Waals surface area contributed by atoms with E-state index in [9.17, 15) is 14.7 Å². The SMILES string of the molecule is CC[C@H](c1ccc(C(=O)NCC[C@@H](C)O)cc1)N1Cc2cc(-c3n[nH]c4c3CCC(C)(C)C4)ccc2C1=O. The van der Waals surface area contributed by atoms with Crippen molar-refractivity contribution in [2.24, 2.45) is 5.41 Å². The van der Waals surface area contributed by atoms with Gasteiger partial charge in [-0.1, -0.05) is 39.0 Å². The van der Waals surface area contributed by atoms with Crippen LogP contribution < -0.4 is 5.32 Å². The molecular weight excluding hydrogens is 476 g/mol. The quantitative estimate of drug-likeness (QED) is 0.385. The van der Waals surface area contributed by atoms with Crippen LogP contribution in [0.4, 0.5) is 0 Å². The van der Waals surface area contributed by atoms with E-state index in [2.05, 4.69) is 42.4 Å². The summed E-state index contributed by atoms with van der Waals surface area (Å²) in [6.45, 7) is 9.38. The Bertz CT molecular complexity index is 1340. The third kappa shape index (κ3) is 5.12. The lowest BCUT2D eigenvalue weighted by atomic mass is 9.76. The zero-order chi connectivity index (χ0) is 27.0. The van der Waals surface area contributed by atoms with Crippen LogP contribution in [-0.2, 0) is 19.4 Å². The number of H-pyrrole nitrogens is 1. The largest absolute Gasteiger partial charge is 0.393 e. The van der Waals surface area contributed by atoms with Crippen LogP contribution >= 0.6 is 0 Å². The Hall–Kier alpha value is -3.45. The molecule has 0 radical (unpaired) electrons. The highest BCUT2D eigenvalue weighted by atomic mass is 16.3. The Morgan fingerprint density at radius 2 is 1.97 bits per heavy atom. The van der Waals surface area contributed by atoms with Gasteiger partial charge in [-0.15, -0.1) is 0 Å². The van der Waals surface area contributed by atoms with Crippen LogP contribution in [0.15, 0.2) is 42.5 Å². The summed E-state index contributed by atoms with van der Waals surface area (Å²) in [6.07, 6.45) is 4.01. The van der Waals surface area contributed by atoms with E-state index in [1.807, 2.05) is 41.3 Å². The fourth-order valence-electron chi connectivity index (χ4n) is 5.82. The summed E-state index contributed by atoms with van der Waals surface area (Å²) < 4.78 is 0. The Kier molecular flexibility index (Phi) is 7.14. The molecule has 0 saturated carbocycles. The lowest BCUT2D eigenvalue weighted by Gasteiger charge is -2.29. The fourth-order valence-corrected chi connectivity index (χ4v) is 5.82. The number of benzene rings is 2. The minimum absolute atomic E-state index is 0.0455. The first-order chi connectivity index (χ1) is 18.2. The second-order valence-electron chi connectivity index (χ2n) is 11.6. The van der Waals surface area contributed by atoms with E-state index in [0.29, 0.717) is 25.1 Å². The van der Waals surface area contributed by atoms with E-state index < -0.39 is 6.10 Å². The number of amides is 2. The van der Waals surface area contributed by atoms with Crippen LogP contribution in [0, 0.1) is 5.41 Å². The zero-order valence-corrected chi connectivity index (χ0v) is 22.8. The number of hydrogen-bond acceptors (Lipinski definition) is 4. The van der Waals surface area contributed by atoms with Crippen molar-refractivity contribution in [1.82, 2.24) is 20.4 Å². The van der Waals surface area contributed by atoms with Crippen LogP contribution in [-0.4, -0.2) is 44.7 Å². The predicted octanol–water partition coefficient (Wildman–Crippen LogP) is 5.20. The van der Waals surface area contributed by atoms with Gasteiger partial charge in [-0.2, -0.15) is 5.10 Å². The van der Waals surface area contributed by atoms with Gasteiger partial charge in [0.15, 0.2) is 0 Å². The molecule has 3 aromatic rings. The maximum absolute atomic E-state index is 13.4. The van der Waals surface area contributed by atoms with Crippen molar-refractivity contribution in [1.29, 1.82) is 0 Å². The van der Waals surface area contributed by atoms with Crippen LogP contribution in [0.5, 0.6) is 0 Å². The molecule has 7 nitrogen and oxygen atoms in total. The van der Waals surface area contributed by atoms with Gasteiger partial charge in [0, 0.05) is 41.0 Å². The minimum atomic E-state index is -0.446. The summed E-state index contributed by atoms with van der Waals surface area (Å²) >= 11 is 0. The van der Waals surface area contributed by atoms with E-state index in [0.717, 1.165) is 53.6 Å². The molecule has 38 heavy (non-hydrogen) atoms. The van der Waals surface area contributed by atoms with Gasteiger partial charge in [0.1, 0.15) is 0 Å². The number of nitrogens with one attached hydrogen (secondary N) is 2. The second-order valence-corrected chi connectivity index (χ2v) is 11.6. The Balaban J connectivity index is 1.32. The van der Waals surface area contributed by atoms with Gasteiger partial charge in [-0.3, -0.25) is 14.7 Å². The molecule has 0 spiro atoms. The van der Waals surface area contributed by atoms with E-state index in [1.54, 1.807) is 6.92 Å².